The highest BCUT2D eigenvalue weighted by Gasteiger charge is 1.73. The number of rotatable bonds is 1. The molecule has 0 aromatic heterocycles. The molecule has 0 aromatic carbocycles. The van der Waals surface area contributed by atoms with E-state index in [0.29, 0.717) is 0 Å². The molecule has 2 nitrogen and oxygen atoms in total. The van der Waals surface area contributed by atoms with Crippen molar-refractivity contribution < 1.29 is 4.79 Å². The number of allylic oxidation sites excluding steroid dienone is 1. The van der Waals surface area contributed by atoms with E-state index in [1.165, 1.54) is 6.08 Å². The van der Waals surface area contributed by atoms with Gasteiger partial charge in [-0.3, -0.25) is 4.79 Å². The third-order valence-corrected chi connectivity index (χ3v) is 0.331. The fraction of sp³-hybridized carbons (Fsp3) is 0.250. The van der Waals surface area contributed by atoms with Gasteiger partial charge in [0.2, 0.25) is 5.91 Å². The van der Waals surface area contributed by atoms with Gasteiger partial charge in [-0.1, -0.05) is 6.08 Å². The van der Waals surface area contributed by atoms with Crippen LogP contribution in [0.4, 0.5) is 0 Å². The van der Waals surface area contributed by atoms with E-state index in [2.05, 4.69) is 5.73 Å². The van der Waals surface area contributed by atoms with Crippen molar-refractivity contribution in [3.8, 4) is 0 Å². The Labute approximate surface area is 48.8 Å². The van der Waals surface area contributed by atoms with E-state index in [-0.39, 0.29) is 12.4 Å². The lowest BCUT2D eigenvalue weighted by molar-refractivity contribution is -0.113. The molecule has 0 rings (SSSR count). The Morgan fingerprint density at radius 2 is 2.14 bits per heavy atom. The maximum atomic E-state index is 9.73. The second-order valence-corrected chi connectivity index (χ2v) is 0.902. The molecule has 0 spiro atoms. The monoisotopic (exact) mass is 121 g/mol. The Balaban J connectivity index is 0. The second kappa shape index (κ2) is 5.50. The van der Waals surface area contributed by atoms with E-state index < -0.39 is 5.91 Å². The van der Waals surface area contributed by atoms with Crippen LogP contribution in [0.5, 0.6) is 0 Å². The Kier molecular flexibility index (Phi) is 7.63. The summed E-state index contributed by atoms with van der Waals surface area (Å²) in [6, 6.07) is 0. The molecule has 0 aliphatic carbocycles. The van der Waals surface area contributed by atoms with Gasteiger partial charge in [0.15, 0.2) is 0 Å². The first kappa shape index (κ1) is 9.71. The molecule has 0 fully saturated rings. The van der Waals surface area contributed by atoms with Crippen molar-refractivity contribution >= 4 is 18.3 Å². The molecule has 0 aliphatic heterocycles. The summed E-state index contributed by atoms with van der Waals surface area (Å²) in [4.78, 5) is 9.73. The minimum atomic E-state index is -0.391. The SMILES string of the molecule is CC=CC(N)=O.Cl. The fourth-order valence-electron chi connectivity index (χ4n) is 0.164. The van der Waals surface area contributed by atoms with Crippen molar-refractivity contribution in [1.29, 1.82) is 0 Å². The number of halogens is 1. The zero-order valence-corrected chi connectivity index (χ0v) is 4.87. The second-order valence-electron chi connectivity index (χ2n) is 0.902. The van der Waals surface area contributed by atoms with E-state index in [0.717, 1.165) is 0 Å². The summed E-state index contributed by atoms with van der Waals surface area (Å²) in [7, 11) is 0. The zero-order valence-electron chi connectivity index (χ0n) is 4.05. The van der Waals surface area contributed by atoms with Crippen LogP contribution in [0.2, 0.25) is 0 Å². The van der Waals surface area contributed by atoms with Crippen molar-refractivity contribution in [3.05, 3.63) is 12.2 Å². The van der Waals surface area contributed by atoms with E-state index >= 15 is 0 Å². The number of carbonyl (C=O) groups is 1. The van der Waals surface area contributed by atoms with Crippen LogP contribution in [0, 0.1) is 0 Å². The first-order chi connectivity index (χ1) is 2.77. The molecule has 1 amide bonds. The molecule has 0 aromatic rings. The Morgan fingerprint density at radius 3 is 2.14 bits per heavy atom. The van der Waals surface area contributed by atoms with Gasteiger partial charge in [-0.15, -0.1) is 12.4 Å². The molecular formula is C4H8ClNO. The molecule has 0 heterocycles. The summed E-state index contributed by atoms with van der Waals surface area (Å²) in [5.74, 6) is -0.391. The van der Waals surface area contributed by atoms with Crippen molar-refractivity contribution in [3.63, 3.8) is 0 Å². The van der Waals surface area contributed by atoms with Crippen molar-refractivity contribution in [2.24, 2.45) is 5.73 Å². The molecule has 3 heteroatoms. The van der Waals surface area contributed by atoms with Crippen LogP contribution in [-0.2, 0) is 4.79 Å². The number of primary amides is 1. The third-order valence-electron chi connectivity index (χ3n) is 0.331. The van der Waals surface area contributed by atoms with Crippen LogP contribution in [-0.4, -0.2) is 5.91 Å². The maximum Gasteiger partial charge on any atom is 0.241 e. The Morgan fingerprint density at radius 1 is 1.71 bits per heavy atom. The normalized spacial score (nSPS) is 8.14. The largest absolute Gasteiger partial charge is 0.366 e. The molecule has 0 saturated carbocycles. The molecule has 7 heavy (non-hydrogen) atoms. The van der Waals surface area contributed by atoms with Gasteiger partial charge in [-0.2, -0.15) is 0 Å². The topological polar surface area (TPSA) is 43.1 Å². The fourth-order valence-corrected chi connectivity index (χ4v) is 0.164. The van der Waals surface area contributed by atoms with Crippen LogP contribution < -0.4 is 5.73 Å². The average Bonchev–Trinajstić information content (AvgIpc) is 1.35. The third kappa shape index (κ3) is 10.8. The van der Waals surface area contributed by atoms with Crippen molar-refractivity contribution in [2.45, 2.75) is 6.92 Å². The predicted molar refractivity (Wildman–Crippen MR) is 31.3 cm³/mol. The summed E-state index contributed by atoms with van der Waals surface area (Å²) in [6.45, 7) is 1.74. The van der Waals surface area contributed by atoms with E-state index in [9.17, 15) is 4.79 Å². The highest BCUT2D eigenvalue weighted by Crippen LogP contribution is 1.62. The summed E-state index contributed by atoms with van der Waals surface area (Å²) in [5.41, 5.74) is 4.68. The lowest BCUT2D eigenvalue weighted by atomic mass is 10.5. The van der Waals surface area contributed by atoms with Gasteiger partial charge >= 0.3 is 0 Å². The van der Waals surface area contributed by atoms with Gasteiger partial charge in [0.05, 0.1) is 0 Å². The summed E-state index contributed by atoms with van der Waals surface area (Å²) >= 11 is 0. The van der Waals surface area contributed by atoms with E-state index in [4.69, 9.17) is 0 Å². The van der Waals surface area contributed by atoms with Crippen LogP contribution in [0.3, 0.4) is 0 Å². The summed E-state index contributed by atoms with van der Waals surface area (Å²) in [6.07, 6.45) is 2.91. The number of nitrogens with two attached hydrogens (primary N) is 1. The van der Waals surface area contributed by atoms with Gasteiger partial charge < -0.3 is 5.73 Å². The number of amides is 1. The predicted octanol–water partition coefficient (Wildman–Crippen LogP) is 0.470. The minimum Gasteiger partial charge on any atom is -0.366 e. The van der Waals surface area contributed by atoms with Crippen LogP contribution in [0.1, 0.15) is 6.92 Å². The average molecular weight is 122 g/mol. The van der Waals surface area contributed by atoms with Crippen LogP contribution >= 0.6 is 12.4 Å². The standard InChI is InChI=1S/C4H7NO.ClH/c1-2-3-4(5)6;/h2-3H,1H3,(H2,5,6);1H. The van der Waals surface area contributed by atoms with Gasteiger partial charge in [-0.25, -0.2) is 0 Å². The number of hydrogen-bond donors (Lipinski definition) is 1. The highest BCUT2D eigenvalue weighted by molar-refractivity contribution is 5.85. The zero-order chi connectivity index (χ0) is 4.99. The molecule has 0 saturated heterocycles. The summed E-state index contributed by atoms with van der Waals surface area (Å²) in [5, 5.41) is 0. The molecular weight excluding hydrogens is 114 g/mol. The molecule has 42 valence electrons. The molecule has 0 aliphatic rings. The first-order valence-corrected chi connectivity index (χ1v) is 1.69. The Hall–Kier alpha value is -0.500. The van der Waals surface area contributed by atoms with Gasteiger partial charge in [0.1, 0.15) is 0 Å². The quantitative estimate of drug-likeness (QED) is 0.504. The summed E-state index contributed by atoms with van der Waals surface area (Å²) < 4.78 is 0. The van der Waals surface area contributed by atoms with Crippen LogP contribution in [0.25, 0.3) is 0 Å². The first-order valence-electron chi connectivity index (χ1n) is 1.69. The molecule has 0 radical (unpaired) electrons. The van der Waals surface area contributed by atoms with Gasteiger partial charge in [-0.05, 0) is 13.0 Å². The lowest BCUT2D eigenvalue weighted by Gasteiger charge is -1.70. The highest BCUT2D eigenvalue weighted by atomic mass is 35.5. The van der Waals surface area contributed by atoms with E-state index in [1.807, 2.05) is 0 Å². The molecule has 0 atom stereocenters. The van der Waals surface area contributed by atoms with Gasteiger partial charge in [0, 0.05) is 0 Å². The molecule has 0 unspecified atom stereocenters. The Bertz CT molecular complexity index is 79.8. The molecule has 0 bridgehead atoms. The van der Waals surface area contributed by atoms with Crippen molar-refractivity contribution in [1.82, 2.24) is 0 Å². The van der Waals surface area contributed by atoms with Gasteiger partial charge in [0.25, 0.3) is 0 Å². The maximum absolute atomic E-state index is 9.73. The van der Waals surface area contributed by atoms with Crippen LogP contribution in [0.15, 0.2) is 12.2 Å². The van der Waals surface area contributed by atoms with E-state index in [1.54, 1.807) is 13.0 Å². The number of carbonyl (C=O) groups excluding carboxylic acids is 1. The minimum absolute atomic E-state index is 0. The smallest absolute Gasteiger partial charge is 0.241 e. The number of hydrogen-bond acceptors (Lipinski definition) is 1. The van der Waals surface area contributed by atoms with Crippen molar-refractivity contribution in [2.75, 3.05) is 0 Å². The lowest BCUT2D eigenvalue weighted by Crippen LogP contribution is -2.04. The molecule has 2 N–H and O–H groups in total.